The molecule has 180 valence electrons. The molecule has 0 spiro atoms. The van der Waals surface area contributed by atoms with Crippen LogP contribution in [0.15, 0.2) is 65.0 Å². The normalized spacial score (nSPS) is 17.7. The zero-order valence-corrected chi connectivity index (χ0v) is 21.1. The molecule has 1 aliphatic heterocycles. The van der Waals surface area contributed by atoms with Gasteiger partial charge in [0.15, 0.2) is 4.80 Å². The smallest absolute Gasteiger partial charge is 0.252 e. The van der Waals surface area contributed by atoms with Crippen molar-refractivity contribution in [2.24, 2.45) is 10.9 Å². The summed E-state index contributed by atoms with van der Waals surface area (Å²) in [6.07, 6.45) is 3.00. The first-order chi connectivity index (χ1) is 16.3. The molecule has 3 aromatic rings. The summed E-state index contributed by atoms with van der Waals surface area (Å²) in [6, 6.07) is 12.6. The number of hydrogen-bond donors (Lipinski definition) is 0. The minimum absolute atomic E-state index is 0.138. The molecule has 34 heavy (non-hydrogen) atoms. The van der Waals surface area contributed by atoms with E-state index in [1.165, 1.54) is 15.6 Å². The lowest BCUT2D eigenvalue weighted by atomic mass is 9.99. The van der Waals surface area contributed by atoms with Crippen molar-refractivity contribution < 1.29 is 17.9 Å². The van der Waals surface area contributed by atoms with Gasteiger partial charge in [0.1, 0.15) is 5.75 Å². The summed E-state index contributed by atoms with van der Waals surface area (Å²) in [5, 5.41) is 0. The number of hydrogen-bond acceptors (Lipinski definition) is 5. The van der Waals surface area contributed by atoms with Crippen molar-refractivity contribution in [3.63, 3.8) is 0 Å². The van der Waals surface area contributed by atoms with Gasteiger partial charge in [-0.15, -0.1) is 6.58 Å². The summed E-state index contributed by atoms with van der Waals surface area (Å²) in [5.41, 5.74) is 1.95. The number of fused-ring (bicyclic) bond motifs is 1. The van der Waals surface area contributed by atoms with Crippen LogP contribution >= 0.6 is 11.3 Å². The van der Waals surface area contributed by atoms with Crippen molar-refractivity contribution in [2.75, 3.05) is 19.7 Å². The molecular formula is C25H29N3O4S2. The van der Waals surface area contributed by atoms with E-state index >= 15 is 0 Å². The molecule has 0 radical (unpaired) electrons. The number of aryl methyl sites for hydroxylation is 1. The van der Waals surface area contributed by atoms with Crippen molar-refractivity contribution in [1.29, 1.82) is 0 Å². The summed E-state index contributed by atoms with van der Waals surface area (Å²) >= 11 is 1.42. The van der Waals surface area contributed by atoms with Crippen LogP contribution in [0.25, 0.3) is 10.2 Å². The second-order valence-corrected chi connectivity index (χ2v) is 11.3. The highest BCUT2D eigenvalue weighted by Crippen LogP contribution is 2.26. The number of piperidine rings is 1. The van der Waals surface area contributed by atoms with E-state index in [2.05, 4.69) is 11.6 Å². The Morgan fingerprint density at radius 1 is 1.26 bits per heavy atom. The quantitative estimate of drug-likeness (QED) is 0.458. The van der Waals surface area contributed by atoms with Crippen LogP contribution in [0.4, 0.5) is 0 Å². The van der Waals surface area contributed by atoms with Crippen molar-refractivity contribution in [2.45, 2.75) is 38.1 Å². The summed E-state index contributed by atoms with van der Waals surface area (Å²) in [5.74, 6) is -0.00215. The van der Waals surface area contributed by atoms with Crippen LogP contribution in [0, 0.1) is 12.8 Å². The van der Waals surface area contributed by atoms with Crippen LogP contribution < -0.4 is 9.54 Å². The molecule has 2 heterocycles. The summed E-state index contributed by atoms with van der Waals surface area (Å²) in [4.78, 5) is 18.5. The second-order valence-electron chi connectivity index (χ2n) is 8.31. The van der Waals surface area contributed by atoms with Crippen LogP contribution in [0.5, 0.6) is 5.75 Å². The molecule has 0 saturated carbocycles. The number of aromatic nitrogens is 1. The maximum absolute atomic E-state index is 13.2. The van der Waals surface area contributed by atoms with Crippen LogP contribution in [-0.4, -0.2) is 42.9 Å². The Bertz CT molecular complexity index is 1370. The molecule has 2 aromatic carbocycles. The number of carbonyl (C=O) groups is 1. The molecule has 1 aliphatic rings. The molecule has 0 aliphatic carbocycles. The molecule has 9 heteroatoms. The van der Waals surface area contributed by atoms with E-state index in [1.54, 1.807) is 30.3 Å². The van der Waals surface area contributed by atoms with E-state index in [0.29, 0.717) is 37.3 Å². The van der Waals surface area contributed by atoms with E-state index in [9.17, 15) is 13.2 Å². The third kappa shape index (κ3) is 5.01. The number of amides is 1. The van der Waals surface area contributed by atoms with Crippen LogP contribution in [0.3, 0.4) is 0 Å². The molecular weight excluding hydrogens is 470 g/mol. The van der Waals surface area contributed by atoms with Gasteiger partial charge in [-0.3, -0.25) is 4.79 Å². The summed E-state index contributed by atoms with van der Waals surface area (Å²) in [6.45, 7) is 9.30. The largest absolute Gasteiger partial charge is 0.494 e. The Labute approximate surface area is 204 Å². The summed E-state index contributed by atoms with van der Waals surface area (Å²) < 4.78 is 36.2. The third-order valence-corrected chi connectivity index (χ3v) is 8.80. The Balaban J connectivity index is 1.62. The molecule has 1 fully saturated rings. The molecule has 1 saturated heterocycles. The number of benzene rings is 2. The van der Waals surface area contributed by atoms with Gasteiger partial charge >= 0.3 is 0 Å². The number of thiazole rings is 1. The number of sulfonamides is 1. The molecule has 0 N–H and O–H groups in total. The Morgan fingerprint density at radius 2 is 2.03 bits per heavy atom. The number of allylic oxidation sites excluding steroid dienone is 1. The van der Waals surface area contributed by atoms with Gasteiger partial charge in [0.05, 0.1) is 27.6 Å². The Hall–Kier alpha value is -2.75. The molecule has 0 bridgehead atoms. The van der Waals surface area contributed by atoms with Crippen molar-refractivity contribution in [3.05, 3.63) is 65.5 Å². The van der Waals surface area contributed by atoms with E-state index < -0.39 is 15.9 Å². The fourth-order valence-corrected chi connectivity index (χ4v) is 6.71. The lowest BCUT2D eigenvalue weighted by Gasteiger charge is -2.30. The first-order valence-corrected chi connectivity index (χ1v) is 13.6. The number of nitrogens with zero attached hydrogens (tertiary/aromatic N) is 3. The maximum Gasteiger partial charge on any atom is 0.252 e. The van der Waals surface area contributed by atoms with E-state index in [4.69, 9.17) is 4.74 Å². The highest BCUT2D eigenvalue weighted by atomic mass is 32.2. The number of ether oxygens (including phenoxy) is 1. The highest BCUT2D eigenvalue weighted by molar-refractivity contribution is 7.89. The fraction of sp³-hybridized carbons (Fsp3) is 0.360. The molecule has 4 rings (SSSR count). The van der Waals surface area contributed by atoms with Crippen molar-refractivity contribution in [3.8, 4) is 5.75 Å². The monoisotopic (exact) mass is 499 g/mol. The topological polar surface area (TPSA) is 81.0 Å². The van der Waals surface area contributed by atoms with E-state index in [1.807, 2.05) is 36.6 Å². The van der Waals surface area contributed by atoms with Gasteiger partial charge < -0.3 is 9.30 Å². The van der Waals surface area contributed by atoms with Gasteiger partial charge in [0.25, 0.3) is 5.91 Å². The van der Waals surface area contributed by atoms with Crippen LogP contribution in [-0.2, 0) is 21.4 Å². The zero-order chi connectivity index (χ0) is 24.3. The summed E-state index contributed by atoms with van der Waals surface area (Å²) in [7, 11) is -3.66. The van der Waals surface area contributed by atoms with Gasteiger partial charge in [-0.2, -0.15) is 9.30 Å². The molecule has 1 atom stereocenters. The van der Waals surface area contributed by atoms with Crippen molar-refractivity contribution in [1.82, 2.24) is 8.87 Å². The fourth-order valence-electron chi connectivity index (χ4n) is 4.11. The van der Waals surface area contributed by atoms with Gasteiger partial charge in [0, 0.05) is 19.6 Å². The van der Waals surface area contributed by atoms with Crippen LogP contribution in [0.2, 0.25) is 0 Å². The molecule has 1 unspecified atom stereocenters. The van der Waals surface area contributed by atoms with Gasteiger partial charge in [-0.1, -0.05) is 35.1 Å². The first-order valence-electron chi connectivity index (χ1n) is 11.4. The number of carbonyl (C=O) groups excluding carboxylic acids is 1. The molecule has 1 amide bonds. The lowest BCUT2D eigenvalue weighted by molar-refractivity contribution is -0.122. The standard InChI is InChI=1S/C25H29N3O4S2/c1-4-14-28-22-13-10-20(32-5-2)16-23(22)33-25(28)26-24(29)19-7-6-15-27(17-19)34(30,31)21-11-8-18(3)9-12-21/h4,8-13,16,19H,1,5-7,14-15,17H2,2-3H3. The first kappa shape index (κ1) is 24.4. The lowest BCUT2D eigenvalue weighted by Crippen LogP contribution is -2.42. The Morgan fingerprint density at radius 3 is 2.74 bits per heavy atom. The SMILES string of the molecule is C=CCn1c(=NC(=O)C2CCCN(S(=O)(=O)c3ccc(C)cc3)C2)sc2cc(OCC)ccc21. The minimum atomic E-state index is -3.66. The number of rotatable bonds is 7. The predicted octanol–water partition coefficient (Wildman–Crippen LogP) is 4.12. The highest BCUT2D eigenvalue weighted by Gasteiger charge is 2.33. The molecule has 1 aromatic heterocycles. The van der Waals surface area contributed by atoms with E-state index in [-0.39, 0.29) is 17.3 Å². The van der Waals surface area contributed by atoms with Gasteiger partial charge in [0.2, 0.25) is 10.0 Å². The predicted molar refractivity (Wildman–Crippen MR) is 134 cm³/mol. The van der Waals surface area contributed by atoms with Crippen molar-refractivity contribution >= 4 is 37.5 Å². The minimum Gasteiger partial charge on any atom is -0.494 e. The maximum atomic E-state index is 13.2. The zero-order valence-electron chi connectivity index (χ0n) is 19.4. The van der Waals surface area contributed by atoms with E-state index in [0.717, 1.165) is 21.5 Å². The average molecular weight is 500 g/mol. The Kier molecular flexibility index (Phi) is 7.35. The second kappa shape index (κ2) is 10.2. The average Bonchev–Trinajstić information content (AvgIpc) is 3.16. The van der Waals surface area contributed by atoms with Gasteiger partial charge in [-0.05, 0) is 57.0 Å². The molecule has 7 nitrogen and oxygen atoms in total. The van der Waals surface area contributed by atoms with Gasteiger partial charge in [-0.25, -0.2) is 8.42 Å². The van der Waals surface area contributed by atoms with Crippen LogP contribution in [0.1, 0.15) is 25.3 Å². The third-order valence-electron chi connectivity index (χ3n) is 5.87.